The van der Waals surface area contributed by atoms with E-state index in [2.05, 4.69) is 10.3 Å². The number of carbonyl (C=O) groups excluding carboxylic acids is 1. The summed E-state index contributed by atoms with van der Waals surface area (Å²) in [5, 5.41) is 17.0. The van der Waals surface area contributed by atoms with Crippen molar-refractivity contribution in [1.82, 2.24) is 5.32 Å². The predicted molar refractivity (Wildman–Crippen MR) is 61.8 cm³/mol. The van der Waals surface area contributed by atoms with E-state index in [9.17, 15) is 4.79 Å². The molecule has 1 amide bonds. The summed E-state index contributed by atoms with van der Waals surface area (Å²) in [4.78, 5) is 15.1. The van der Waals surface area contributed by atoms with E-state index in [1.807, 2.05) is 6.92 Å². The molecule has 3 N–H and O–H groups in total. The van der Waals surface area contributed by atoms with Gasteiger partial charge in [0.25, 0.3) is 0 Å². The minimum atomic E-state index is -0.249. The highest BCUT2D eigenvalue weighted by Gasteiger charge is 2.14. The highest BCUT2D eigenvalue weighted by Crippen LogP contribution is 2.04. The van der Waals surface area contributed by atoms with Gasteiger partial charge in [0.1, 0.15) is 0 Å². The van der Waals surface area contributed by atoms with Gasteiger partial charge in [-0.3, -0.25) is 15.6 Å². The second-order valence-corrected chi connectivity index (χ2v) is 3.29. The molecule has 15 heavy (non-hydrogen) atoms. The Balaban J connectivity index is 4.18. The molecule has 5 heteroatoms. The van der Waals surface area contributed by atoms with Crippen molar-refractivity contribution in [2.45, 2.75) is 33.6 Å². The summed E-state index contributed by atoms with van der Waals surface area (Å²) < 4.78 is 0. The third-order valence-corrected chi connectivity index (χ3v) is 1.91. The summed E-state index contributed by atoms with van der Waals surface area (Å²) in [6.07, 6.45) is 3.12. The van der Waals surface area contributed by atoms with E-state index in [-0.39, 0.29) is 23.5 Å². The summed E-state index contributed by atoms with van der Waals surface area (Å²) in [5.41, 5.74) is 0. The van der Waals surface area contributed by atoms with Gasteiger partial charge >= 0.3 is 0 Å². The molecule has 0 saturated heterocycles. The van der Waals surface area contributed by atoms with Crippen LogP contribution in [0.15, 0.2) is 4.99 Å². The summed E-state index contributed by atoms with van der Waals surface area (Å²) >= 11 is 0. The van der Waals surface area contributed by atoms with Gasteiger partial charge in [0.15, 0.2) is 11.7 Å². The average Bonchev–Trinajstić information content (AvgIpc) is 2.18. The van der Waals surface area contributed by atoms with Gasteiger partial charge < -0.3 is 5.32 Å². The smallest absolute Gasteiger partial charge is 0.228 e. The average molecular weight is 210 g/mol. The monoisotopic (exact) mass is 210 g/mol. The second kappa shape index (κ2) is 6.86. The van der Waals surface area contributed by atoms with Crippen molar-refractivity contribution in [3.8, 4) is 0 Å². The van der Waals surface area contributed by atoms with Crippen LogP contribution in [0.1, 0.15) is 33.6 Å². The highest BCUT2D eigenvalue weighted by atomic mass is 16.1. The molecule has 0 aromatic rings. The molecule has 0 fully saturated rings. The Morgan fingerprint density at radius 3 is 2.60 bits per heavy atom. The highest BCUT2D eigenvalue weighted by molar-refractivity contribution is 6.41. The Hall–Kier alpha value is -1.52. The molecule has 5 nitrogen and oxygen atoms in total. The number of carbonyl (C=O) groups is 1. The standard InChI is InChI=1S/C10H18N4O/c1-4-6-7(3)10(15)14-9(12)8(11)13-5-2/h5,7,11H,4,6H2,1-3H3,(H2,12,14,15)/b11-8?,13-5+. The molecule has 0 bridgehead atoms. The number of amidine groups is 2. The number of rotatable bonds is 3. The lowest BCUT2D eigenvalue weighted by atomic mass is 10.1. The first-order valence-electron chi connectivity index (χ1n) is 4.99. The fraction of sp³-hybridized carbons (Fsp3) is 0.600. The zero-order chi connectivity index (χ0) is 11.8. The number of aliphatic imine (C=N–C) groups is 1. The molecule has 0 heterocycles. The summed E-state index contributed by atoms with van der Waals surface area (Å²) in [5.74, 6) is -0.831. The van der Waals surface area contributed by atoms with Crippen molar-refractivity contribution in [3.63, 3.8) is 0 Å². The van der Waals surface area contributed by atoms with Gasteiger partial charge in [0, 0.05) is 12.1 Å². The van der Waals surface area contributed by atoms with Crippen LogP contribution in [0.25, 0.3) is 0 Å². The van der Waals surface area contributed by atoms with E-state index < -0.39 is 0 Å². The molecule has 84 valence electrons. The fourth-order valence-electron chi connectivity index (χ4n) is 1.06. The maximum atomic E-state index is 11.5. The third kappa shape index (κ3) is 5.05. The molecule has 0 aromatic heterocycles. The van der Waals surface area contributed by atoms with Crippen LogP contribution in [-0.4, -0.2) is 23.8 Å². The molecule has 0 aromatic carbocycles. The molecule has 1 atom stereocenters. The Bertz CT molecular complexity index is 283. The van der Waals surface area contributed by atoms with E-state index in [0.717, 1.165) is 12.8 Å². The van der Waals surface area contributed by atoms with Gasteiger partial charge in [-0.25, -0.2) is 4.99 Å². The summed E-state index contributed by atoms with van der Waals surface area (Å²) in [6, 6.07) is 0. The van der Waals surface area contributed by atoms with Crippen molar-refractivity contribution >= 4 is 23.8 Å². The number of nitrogens with zero attached hydrogens (tertiary/aromatic N) is 1. The maximum absolute atomic E-state index is 11.5. The molecule has 0 saturated carbocycles. The van der Waals surface area contributed by atoms with Crippen molar-refractivity contribution < 1.29 is 4.79 Å². The van der Waals surface area contributed by atoms with Crippen LogP contribution in [0.3, 0.4) is 0 Å². The Morgan fingerprint density at radius 1 is 1.53 bits per heavy atom. The number of hydrogen-bond donors (Lipinski definition) is 3. The van der Waals surface area contributed by atoms with Crippen molar-refractivity contribution in [2.75, 3.05) is 0 Å². The first-order valence-corrected chi connectivity index (χ1v) is 4.99. The molecule has 1 unspecified atom stereocenters. The Labute approximate surface area is 90.0 Å². The van der Waals surface area contributed by atoms with E-state index in [0.29, 0.717) is 0 Å². The van der Waals surface area contributed by atoms with E-state index >= 15 is 0 Å². The van der Waals surface area contributed by atoms with Gasteiger partial charge in [0.2, 0.25) is 5.91 Å². The van der Waals surface area contributed by atoms with Crippen LogP contribution in [0.4, 0.5) is 0 Å². The van der Waals surface area contributed by atoms with Crippen molar-refractivity contribution in [2.24, 2.45) is 10.9 Å². The van der Waals surface area contributed by atoms with Gasteiger partial charge in [0.05, 0.1) is 0 Å². The first kappa shape index (κ1) is 13.5. The van der Waals surface area contributed by atoms with Gasteiger partial charge in [-0.1, -0.05) is 20.3 Å². The third-order valence-electron chi connectivity index (χ3n) is 1.91. The zero-order valence-corrected chi connectivity index (χ0v) is 9.42. The van der Waals surface area contributed by atoms with Crippen LogP contribution >= 0.6 is 0 Å². The van der Waals surface area contributed by atoms with Gasteiger partial charge in [-0.05, 0) is 13.3 Å². The number of amides is 1. The molecule has 0 radical (unpaired) electrons. The number of hydrogen-bond acceptors (Lipinski definition) is 3. The van der Waals surface area contributed by atoms with E-state index in [1.165, 1.54) is 6.21 Å². The maximum Gasteiger partial charge on any atom is 0.228 e. The zero-order valence-electron chi connectivity index (χ0n) is 9.42. The molecular weight excluding hydrogens is 192 g/mol. The lowest BCUT2D eigenvalue weighted by Crippen LogP contribution is -2.37. The van der Waals surface area contributed by atoms with Crippen LogP contribution in [0, 0.1) is 16.7 Å². The number of nitrogens with one attached hydrogen (secondary N) is 3. The van der Waals surface area contributed by atoms with Gasteiger partial charge in [-0.15, -0.1) is 0 Å². The predicted octanol–water partition coefficient (Wildman–Crippen LogP) is 1.58. The van der Waals surface area contributed by atoms with Crippen molar-refractivity contribution in [1.29, 1.82) is 10.8 Å². The lowest BCUT2D eigenvalue weighted by Gasteiger charge is -2.10. The quantitative estimate of drug-likeness (QED) is 0.479. The molecule has 0 aliphatic carbocycles. The van der Waals surface area contributed by atoms with Crippen LogP contribution in [0.2, 0.25) is 0 Å². The minimum Gasteiger partial charge on any atom is -0.308 e. The van der Waals surface area contributed by atoms with Crippen LogP contribution < -0.4 is 5.32 Å². The van der Waals surface area contributed by atoms with E-state index in [4.69, 9.17) is 10.8 Å². The molecule has 0 aliphatic heterocycles. The topological polar surface area (TPSA) is 89.2 Å². The first-order chi connectivity index (χ1) is 7.02. The van der Waals surface area contributed by atoms with Crippen LogP contribution in [0.5, 0.6) is 0 Å². The molecule has 0 aliphatic rings. The van der Waals surface area contributed by atoms with E-state index in [1.54, 1.807) is 13.8 Å². The Kier molecular flexibility index (Phi) is 6.17. The fourth-order valence-corrected chi connectivity index (χ4v) is 1.06. The molecular formula is C10H18N4O. The molecule has 0 rings (SSSR count). The van der Waals surface area contributed by atoms with Gasteiger partial charge in [-0.2, -0.15) is 0 Å². The second-order valence-electron chi connectivity index (χ2n) is 3.29. The van der Waals surface area contributed by atoms with Crippen LogP contribution in [-0.2, 0) is 4.79 Å². The molecule has 0 spiro atoms. The van der Waals surface area contributed by atoms with Crippen molar-refractivity contribution in [3.05, 3.63) is 0 Å². The summed E-state index contributed by atoms with van der Waals surface area (Å²) in [7, 11) is 0. The normalized spacial score (nSPS) is 12.5. The Morgan fingerprint density at radius 2 is 2.13 bits per heavy atom. The SMILES string of the molecule is C/C=N/C(=N)C(=N)NC(=O)C(C)CCC. The summed E-state index contributed by atoms with van der Waals surface area (Å²) in [6.45, 7) is 5.46. The lowest BCUT2D eigenvalue weighted by molar-refractivity contribution is -0.123. The minimum absolute atomic E-state index is 0.131. The largest absolute Gasteiger partial charge is 0.308 e.